The van der Waals surface area contributed by atoms with Gasteiger partial charge in [-0.15, -0.1) is 5.10 Å². The molecule has 9 unspecified atom stereocenters. The van der Waals surface area contributed by atoms with Crippen LogP contribution in [0, 0.1) is 41.4 Å². The van der Waals surface area contributed by atoms with E-state index in [4.69, 9.17) is 18.9 Å². The largest absolute Gasteiger partial charge is 0.461 e. The molecule has 3 fully saturated rings. The number of nitrogens with zero attached hydrogens (tertiary/aromatic N) is 4. The summed E-state index contributed by atoms with van der Waals surface area (Å²) in [6.07, 6.45) is 20.5. The maximum atomic E-state index is 14.5. The summed E-state index contributed by atoms with van der Waals surface area (Å²) in [7, 11) is 3.22. The average Bonchev–Trinajstić information content (AvgIpc) is 3.85. The Morgan fingerprint density at radius 3 is 2.31 bits per heavy atom. The van der Waals surface area contributed by atoms with E-state index in [1.54, 1.807) is 31.1 Å². The first-order valence-electron chi connectivity index (χ1n) is 25.2. The highest BCUT2D eigenvalue weighted by Crippen LogP contribution is 2.39. The number of carbonyl (C=O) groups excluding carboxylic acids is 4. The molecule has 1 saturated carbocycles. The van der Waals surface area contributed by atoms with Gasteiger partial charge in [0, 0.05) is 45.2 Å². The van der Waals surface area contributed by atoms with Crippen molar-refractivity contribution in [1.29, 1.82) is 0 Å². The molecule has 1 aromatic rings. The van der Waals surface area contributed by atoms with Crippen molar-refractivity contribution >= 4 is 23.4 Å². The predicted molar refractivity (Wildman–Crippen MR) is 256 cm³/mol. The van der Waals surface area contributed by atoms with Crippen LogP contribution in [0.5, 0.6) is 0 Å². The fourth-order valence-corrected chi connectivity index (χ4v) is 11.0. The Kier molecular flexibility index (Phi) is 20.3. The lowest BCUT2D eigenvalue weighted by Crippen LogP contribution is -2.60. The summed E-state index contributed by atoms with van der Waals surface area (Å²) < 4.78 is 26.0. The van der Waals surface area contributed by atoms with Crippen LogP contribution in [0.15, 0.2) is 60.0 Å². The Labute approximate surface area is 400 Å². The minimum absolute atomic E-state index is 0.0271. The van der Waals surface area contributed by atoms with Crippen LogP contribution in [-0.4, -0.2) is 117 Å². The number of ketones is 2. The summed E-state index contributed by atoms with van der Waals surface area (Å²) >= 11 is 0. The second-order valence-corrected chi connectivity index (χ2v) is 20.8. The van der Waals surface area contributed by atoms with Crippen LogP contribution in [0.4, 0.5) is 0 Å². The van der Waals surface area contributed by atoms with Gasteiger partial charge in [0.25, 0.3) is 11.7 Å². The molecule has 4 heterocycles. The van der Waals surface area contributed by atoms with E-state index in [1.807, 2.05) is 64.2 Å². The van der Waals surface area contributed by atoms with E-state index in [-0.39, 0.29) is 48.1 Å². The van der Waals surface area contributed by atoms with Gasteiger partial charge < -0.3 is 34.1 Å². The van der Waals surface area contributed by atoms with Crippen LogP contribution in [0.1, 0.15) is 145 Å². The second-order valence-electron chi connectivity index (χ2n) is 20.8. The van der Waals surface area contributed by atoms with Gasteiger partial charge in [0.1, 0.15) is 24.4 Å². The van der Waals surface area contributed by atoms with E-state index in [0.717, 1.165) is 31.3 Å². The fraction of sp³-hybridized carbons (Fsp3) is 0.736. The predicted octanol–water partition coefficient (Wildman–Crippen LogP) is 8.09. The number of Topliss-reactive ketones (excluding diaryl/α,β-unsaturated/α-hetero) is 2. The summed E-state index contributed by atoms with van der Waals surface area (Å²) in [4.78, 5) is 58.3. The first-order valence-corrected chi connectivity index (χ1v) is 25.2. The fourth-order valence-electron chi connectivity index (χ4n) is 11.0. The maximum Gasteiger partial charge on any atom is 0.329 e. The molecule has 2 N–H and O–H groups in total. The molecule has 0 radical (unpaired) electrons. The number of aliphatic hydroxyl groups is 2. The van der Waals surface area contributed by atoms with Gasteiger partial charge in [-0.1, -0.05) is 83.2 Å². The van der Waals surface area contributed by atoms with Crippen molar-refractivity contribution in [1.82, 2.24) is 19.9 Å². The number of aliphatic hydroxyl groups excluding tert-OH is 1. The highest BCUT2D eigenvalue weighted by atomic mass is 16.6. The molecule has 0 aromatic carbocycles. The lowest BCUT2D eigenvalue weighted by atomic mass is 9.76. The van der Waals surface area contributed by atoms with Crippen molar-refractivity contribution in [2.75, 3.05) is 20.8 Å². The summed E-state index contributed by atoms with van der Waals surface area (Å²) in [5, 5.41) is 31.9. The van der Waals surface area contributed by atoms with E-state index in [9.17, 15) is 29.4 Å². The number of esters is 1. The Morgan fingerprint density at radius 1 is 0.851 bits per heavy atom. The number of amides is 1. The van der Waals surface area contributed by atoms with Crippen molar-refractivity contribution in [2.45, 2.75) is 187 Å². The smallest absolute Gasteiger partial charge is 0.329 e. The van der Waals surface area contributed by atoms with Crippen molar-refractivity contribution < 1.29 is 48.3 Å². The Balaban J connectivity index is 1.47. The zero-order valence-corrected chi connectivity index (χ0v) is 42.1. The molecule has 15 atom stereocenters. The van der Waals surface area contributed by atoms with Crippen molar-refractivity contribution in [2.24, 2.45) is 41.4 Å². The molecule has 14 nitrogen and oxygen atoms in total. The summed E-state index contributed by atoms with van der Waals surface area (Å²) in [6.45, 7) is 16.0. The molecule has 4 aliphatic rings. The summed E-state index contributed by atoms with van der Waals surface area (Å²) in [5.41, 5.74) is 1.56. The Morgan fingerprint density at radius 2 is 1.61 bits per heavy atom. The van der Waals surface area contributed by atoms with E-state index in [1.165, 1.54) is 12.0 Å². The van der Waals surface area contributed by atoms with Gasteiger partial charge in [-0.05, 0) is 132 Å². The molecule has 374 valence electrons. The molecule has 0 spiro atoms. The molecule has 3 aliphatic heterocycles. The van der Waals surface area contributed by atoms with Crippen LogP contribution in [0.3, 0.4) is 0 Å². The minimum atomic E-state index is -2.39. The zero-order chi connectivity index (χ0) is 49.0. The van der Waals surface area contributed by atoms with Crippen molar-refractivity contribution in [3.63, 3.8) is 0 Å². The van der Waals surface area contributed by atoms with E-state index < -0.39 is 59.8 Å². The van der Waals surface area contributed by atoms with Crippen molar-refractivity contribution in [3.05, 3.63) is 60.0 Å². The van der Waals surface area contributed by atoms with E-state index in [0.29, 0.717) is 75.2 Å². The first-order chi connectivity index (χ1) is 31.9. The van der Waals surface area contributed by atoms with Crippen LogP contribution in [0.2, 0.25) is 0 Å². The van der Waals surface area contributed by atoms with Crippen LogP contribution >= 0.6 is 0 Å². The monoisotopic (exact) mass is 935 g/mol. The van der Waals surface area contributed by atoms with Gasteiger partial charge in [0.2, 0.25) is 5.79 Å². The summed E-state index contributed by atoms with van der Waals surface area (Å²) in [5.74, 6) is -5.33. The highest BCUT2D eigenvalue weighted by molar-refractivity contribution is 6.39. The number of rotatable bonds is 6. The number of piperidine rings is 1. The molecule has 14 heteroatoms. The van der Waals surface area contributed by atoms with Gasteiger partial charge in [-0.25, -0.2) is 9.48 Å². The standard InChI is InChI=1S/C53H82N4O10/c1-33-16-12-11-13-17-35(3)44(57-27-25-54-55-57)32-42-23-21-40(8)53(63,67-42)50(60)51(61)56-26-15-14-18-43(56)52(62)66-45(37(5)30-41-22-20-36(4)46(31-41)64-9)24-19-34(2)29-39(7)48(59)49(65-10)47(58)38(6)28-33/h11-13,16-17,25,27,29,33-34,36-38,40-46,48-49,59,63H,14-15,18-24,26,28,30-32H2,1-10H3/b13-11+,16-12+,35-17+,39-29+/t33-,34+,36-,37-,38?,40?,41?,42?,43?,44?,45+,46?,48?,49+,53?/m1/s1. The number of hydrogen-bond donors (Lipinski definition) is 2. The Bertz CT molecular complexity index is 1910. The van der Waals surface area contributed by atoms with Gasteiger partial charge >= 0.3 is 5.97 Å². The second kappa shape index (κ2) is 25.2. The third-order valence-corrected chi connectivity index (χ3v) is 15.4. The minimum Gasteiger partial charge on any atom is -0.461 e. The zero-order valence-electron chi connectivity index (χ0n) is 42.1. The number of cyclic esters (lactones) is 1. The number of ether oxygens (including phenoxy) is 4. The highest BCUT2D eigenvalue weighted by Gasteiger charge is 2.53. The number of fused-ring (bicyclic) bond motifs is 3. The van der Waals surface area contributed by atoms with Crippen molar-refractivity contribution in [3.8, 4) is 0 Å². The average molecular weight is 935 g/mol. The number of carbonyl (C=O) groups is 4. The number of aromatic nitrogens is 3. The van der Waals surface area contributed by atoms with Gasteiger partial charge in [0.05, 0.1) is 24.4 Å². The number of methoxy groups -OCH3 is 2. The summed E-state index contributed by atoms with van der Waals surface area (Å²) in [6, 6.07) is -1.34. The normalized spacial score (nSPS) is 39.5. The quantitative estimate of drug-likeness (QED) is 0.159. The topological polar surface area (TPSA) is 180 Å². The Hall–Kier alpha value is -3.82. The van der Waals surface area contributed by atoms with E-state index >= 15 is 0 Å². The molecular weight excluding hydrogens is 853 g/mol. The third kappa shape index (κ3) is 14.1. The molecule has 1 amide bonds. The van der Waals surface area contributed by atoms with Gasteiger partial charge in [-0.2, -0.15) is 0 Å². The van der Waals surface area contributed by atoms with Crippen LogP contribution in [0.25, 0.3) is 0 Å². The SMILES string of the molecule is COC1CC(C[C@@H](C)[C@@H]2CC[C@H](C)/C=C(\C)C(O)[C@@H](OC)C(=O)C(C)C[C@H](C)/C=C/C=C/C=C(\C)C(n3ccnn3)CC3CCC(C)C(O)(O3)C(=O)C(=O)N3CCCCC3C(=O)O2)CC[C@H]1C. The molecule has 5 rings (SSSR count). The van der Waals surface area contributed by atoms with Crippen LogP contribution < -0.4 is 0 Å². The van der Waals surface area contributed by atoms with Crippen LogP contribution in [-0.2, 0) is 38.1 Å². The van der Waals surface area contributed by atoms with Gasteiger partial charge in [-0.3, -0.25) is 14.4 Å². The lowest BCUT2D eigenvalue weighted by Gasteiger charge is -2.43. The third-order valence-electron chi connectivity index (χ3n) is 15.4. The van der Waals surface area contributed by atoms with Gasteiger partial charge in [0.15, 0.2) is 5.78 Å². The maximum absolute atomic E-state index is 14.5. The molecule has 67 heavy (non-hydrogen) atoms. The first kappa shape index (κ1) is 54.1. The molecule has 1 aromatic heterocycles. The molecule has 2 bridgehead atoms. The van der Waals surface area contributed by atoms with E-state index in [2.05, 4.69) is 31.1 Å². The molecule has 2 saturated heterocycles. The molecule has 1 aliphatic carbocycles. The molecular formula is C53H82N4O10. The number of hydrogen-bond acceptors (Lipinski definition) is 12. The number of allylic oxidation sites excluding steroid dienone is 7. The lowest BCUT2D eigenvalue weighted by molar-refractivity contribution is -0.264.